The molecule has 1 unspecified atom stereocenters. The van der Waals surface area contributed by atoms with Crippen LogP contribution in [0.25, 0.3) is 0 Å². The summed E-state index contributed by atoms with van der Waals surface area (Å²) in [7, 11) is 1.74. The van der Waals surface area contributed by atoms with Crippen molar-refractivity contribution in [2.45, 2.75) is 39.2 Å². The lowest BCUT2D eigenvalue weighted by Gasteiger charge is -2.27. The van der Waals surface area contributed by atoms with E-state index >= 15 is 0 Å². The van der Waals surface area contributed by atoms with E-state index in [1.54, 1.807) is 7.05 Å². The second kappa shape index (κ2) is 7.44. The summed E-state index contributed by atoms with van der Waals surface area (Å²) in [5.41, 5.74) is 2.67. The predicted molar refractivity (Wildman–Crippen MR) is 82.5 cm³/mol. The first-order valence-electron chi connectivity index (χ1n) is 7.68. The molecule has 0 spiro atoms. The third-order valence-electron chi connectivity index (χ3n) is 4.21. The Labute approximate surface area is 122 Å². The largest absolute Gasteiger partial charge is 0.359 e. The molecule has 1 atom stereocenters. The number of nitrogens with one attached hydrogen (secondary N) is 1. The van der Waals surface area contributed by atoms with Crippen LogP contribution >= 0.6 is 0 Å². The standard InChI is InChI=1S/C17H26N2O/c1-14-6-8-15(9-7-14)13-19-11-4-3-5-16(10-12-19)17(20)18-2/h6-9,16H,3-5,10-13H2,1-2H3,(H,18,20). The molecule has 0 saturated carbocycles. The van der Waals surface area contributed by atoms with Gasteiger partial charge in [0.05, 0.1) is 0 Å². The molecule has 20 heavy (non-hydrogen) atoms. The van der Waals surface area contributed by atoms with Crippen LogP contribution in [-0.2, 0) is 11.3 Å². The zero-order chi connectivity index (χ0) is 14.4. The van der Waals surface area contributed by atoms with Crippen molar-refractivity contribution in [2.24, 2.45) is 5.92 Å². The monoisotopic (exact) mass is 274 g/mol. The number of aryl methyl sites for hydroxylation is 1. The molecule has 0 radical (unpaired) electrons. The van der Waals surface area contributed by atoms with Crippen LogP contribution in [0, 0.1) is 12.8 Å². The molecule has 1 fully saturated rings. The zero-order valence-corrected chi connectivity index (χ0v) is 12.7. The summed E-state index contributed by atoms with van der Waals surface area (Å²) in [5.74, 6) is 0.406. The van der Waals surface area contributed by atoms with Crippen molar-refractivity contribution in [1.82, 2.24) is 10.2 Å². The van der Waals surface area contributed by atoms with E-state index < -0.39 is 0 Å². The van der Waals surface area contributed by atoms with Gasteiger partial charge in [0, 0.05) is 19.5 Å². The summed E-state index contributed by atoms with van der Waals surface area (Å²) in [6.45, 7) is 5.29. The normalized spacial score (nSPS) is 21.0. The lowest BCUT2D eigenvalue weighted by molar-refractivity contribution is -0.125. The number of hydrogen-bond donors (Lipinski definition) is 1. The molecule has 1 saturated heterocycles. The van der Waals surface area contributed by atoms with Crippen LogP contribution in [0.1, 0.15) is 36.8 Å². The number of rotatable bonds is 3. The Kier molecular flexibility index (Phi) is 5.60. The fourth-order valence-electron chi connectivity index (χ4n) is 2.90. The van der Waals surface area contributed by atoms with Gasteiger partial charge in [-0.25, -0.2) is 0 Å². The first-order chi connectivity index (χ1) is 9.69. The van der Waals surface area contributed by atoms with Gasteiger partial charge in [0.2, 0.25) is 5.91 Å². The van der Waals surface area contributed by atoms with E-state index in [0.29, 0.717) is 0 Å². The van der Waals surface area contributed by atoms with Gasteiger partial charge >= 0.3 is 0 Å². The van der Waals surface area contributed by atoms with Crippen molar-refractivity contribution >= 4 is 5.91 Å². The van der Waals surface area contributed by atoms with Gasteiger partial charge in [0.15, 0.2) is 0 Å². The van der Waals surface area contributed by atoms with Crippen LogP contribution in [0.4, 0.5) is 0 Å². The third-order valence-corrected chi connectivity index (χ3v) is 4.21. The highest BCUT2D eigenvalue weighted by atomic mass is 16.1. The number of benzene rings is 1. The lowest BCUT2D eigenvalue weighted by Crippen LogP contribution is -2.34. The Morgan fingerprint density at radius 3 is 2.65 bits per heavy atom. The van der Waals surface area contributed by atoms with Crippen molar-refractivity contribution in [3.63, 3.8) is 0 Å². The number of hydrogen-bond acceptors (Lipinski definition) is 2. The second-order valence-corrected chi connectivity index (χ2v) is 5.86. The van der Waals surface area contributed by atoms with E-state index in [4.69, 9.17) is 0 Å². The van der Waals surface area contributed by atoms with Crippen LogP contribution < -0.4 is 5.32 Å². The molecular formula is C17H26N2O. The fraction of sp³-hybridized carbons (Fsp3) is 0.588. The lowest BCUT2D eigenvalue weighted by atomic mass is 9.95. The van der Waals surface area contributed by atoms with E-state index in [2.05, 4.69) is 41.4 Å². The van der Waals surface area contributed by atoms with Gasteiger partial charge in [-0.05, 0) is 44.8 Å². The molecule has 1 aromatic rings. The van der Waals surface area contributed by atoms with Gasteiger partial charge in [-0.1, -0.05) is 36.2 Å². The van der Waals surface area contributed by atoms with Crippen molar-refractivity contribution in [3.8, 4) is 0 Å². The molecule has 3 nitrogen and oxygen atoms in total. The summed E-state index contributed by atoms with van der Waals surface area (Å²) >= 11 is 0. The first kappa shape index (κ1) is 15.0. The van der Waals surface area contributed by atoms with Crippen molar-refractivity contribution in [2.75, 3.05) is 20.1 Å². The highest BCUT2D eigenvalue weighted by molar-refractivity contribution is 5.78. The molecule has 1 aliphatic heterocycles. The summed E-state index contributed by atoms with van der Waals surface area (Å²) in [5, 5.41) is 2.80. The molecule has 1 heterocycles. The molecule has 3 heteroatoms. The van der Waals surface area contributed by atoms with Gasteiger partial charge in [-0.2, -0.15) is 0 Å². The summed E-state index contributed by atoms with van der Waals surface area (Å²) in [4.78, 5) is 14.3. The molecule has 1 N–H and O–H groups in total. The molecular weight excluding hydrogens is 248 g/mol. The smallest absolute Gasteiger partial charge is 0.222 e. The predicted octanol–water partition coefficient (Wildman–Crippen LogP) is 2.73. The SMILES string of the molecule is CNC(=O)C1CCCCN(Cc2ccc(C)cc2)CC1. The maximum atomic E-state index is 11.8. The van der Waals surface area contributed by atoms with Crippen molar-refractivity contribution in [3.05, 3.63) is 35.4 Å². The van der Waals surface area contributed by atoms with Gasteiger partial charge in [-0.3, -0.25) is 9.69 Å². The van der Waals surface area contributed by atoms with Crippen molar-refractivity contribution < 1.29 is 4.79 Å². The molecule has 1 amide bonds. The number of likely N-dealkylation sites (tertiary alicyclic amines) is 1. The van der Waals surface area contributed by atoms with Crippen LogP contribution in [0.3, 0.4) is 0 Å². The molecule has 1 aliphatic rings. The Hall–Kier alpha value is -1.35. The molecule has 2 rings (SSSR count). The minimum absolute atomic E-state index is 0.195. The van der Waals surface area contributed by atoms with Gasteiger partial charge < -0.3 is 5.32 Å². The van der Waals surface area contributed by atoms with Crippen LogP contribution in [0.5, 0.6) is 0 Å². The molecule has 1 aromatic carbocycles. The van der Waals surface area contributed by atoms with E-state index in [0.717, 1.165) is 38.9 Å². The second-order valence-electron chi connectivity index (χ2n) is 5.86. The highest BCUT2D eigenvalue weighted by Gasteiger charge is 2.20. The Balaban J connectivity index is 1.91. The average Bonchev–Trinajstić information content (AvgIpc) is 2.43. The van der Waals surface area contributed by atoms with E-state index in [1.807, 2.05) is 0 Å². The Morgan fingerprint density at radius 2 is 1.95 bits per heavy atom. The summed E-state index contributed by atoms with van der Waals surface area (Å²) in [6.07, 6.45) is 4.37. The molecule has 110 valence electrons. The van der Waals surface area contributed by atoms with Crippen LogP contribution in [0.15, 0.2) is 24.3 Å². The van der Waals surface area contributed by atoms with Gasteiger partial charge in [0.1, 0.15) is 0 Å². The third kappa shape index (κ3) is 4.34. The number of carbonyl (C=O) groups excluding carboxylic acids is 1. The Morgan fingerprint density at radius 1 is 1.20 bits per heavy atom. The topological polar surface area (TPSA) is 32.3 Å². The Bertz CT molecular complexity index is 427. The maximum Gasteiger partial charge on any atom is 0.222 e. The van der Waals surface area contributed by atoms with Crippen LogP contribution in [-0.4, -0.2) is 30.9 Å². The van der Waals surface area contributed by atoms with E-state index in [9.17, 15) is 4.79 Å². The van der Waals surface area contributed by atoms with E-state index in [1.165, 1.54) is 17.5 Å². The molecule has 0 aromatic heterocycles. The first-order valence-corrected chi connectivity index (χ1v) is 7.68. The van der Waals surface area contributed by atoms with Gasteiger partial charge in [0.25, 0.3) is 0 Å². The number of nitrogens with zero attached hydrogens (tertiary/aromatic N) is 1. The minimum Gasteiger partial charge on any atom is -0.359 e. The summed E-state index contributed by atoms with van der Waals surface area (Å²) < 4.78 is 0. The zero-order valence-electron chi connectivity index (χ0n) is 12.7. The van der Waals surface area contributed by atoms with Crippen molar-refractivity contribution in [1.29, 1.82) is 0 Å². The highest BCUT2D eigenvalue weighted by Crippen LogP contribution is 2.19. The minimum atomic E-state index is 0.195. The van der Waals surface area contributed by atoms with Gasteiger partial charge in [-0.15, -0.1) is 0 Å². The average molecular weight is 274 g/mol. The molecule has 0 aliphatic carbocycles. The number of amides is 1. The quantitative estimate of drug-likeness (QED) is 0.919. The molecule has 0 bridgehead atoms. The van der Waals surface area contributed by atoms with Crippen LogP contribution in [0.2, 0.25) is 0 Å². The summed E-state index contributed by atoms with van der Waals surface area (Å²) in [6, 6.07) is 8.77. The fourth-order valence-corrected chi connectivity index (χ4v) is 2.90. The maximum absolute atomic E-state index is 11.8. The van der Waals surface area contributed by atoms with E-state index in [-0.39, 0.29) is 11.8 Å². The number of carbonyl (C=O) groups is 1.